The third-order valence-electron chi connectivity index (χ3n) is 6.97. The van der Waals surface area contributed by atoms with E-state index in [9.17, 15) is 9.59 Å². The van der Waals surface area contributed by atoms with Crippen LogP contribution >= 0.6 is 0 Å². The van der Waals surface area contributed by atoms with Gasteiger partial charge in [0.05, 0.1) is 11.7 Å². The Morgan fingerprint density at radius 2 is 1.48 bits per heavy atom. The zero-order valence-corrected chi connectivity index (χ0v) is 15.9. The number of carbonyl (C=O) groups is 2. The Kier molecular flexibility index (Phi) is 3.58. The normalized spacial score (nSPS) is 32.3. The number of cyclic esters (lactones) is 1. The number of Topliss-reactive ketones (excluding diaryl/α,β-unsaturated/α-hetero) is 1. The topological polar surface area (TPSA) is 46.6 Å². The molecule has 2 bridgehead atoms. The van der Waals surface area contributed by atoms with Gasteiger partial charge in [-0.1, -0.05) is 72.8 Å². The molecule has 6 rings (SSSR count). The van der Waals surface area contributed by atoms with Gasteiger partial charge in [0.1, 0.15) is 6.61 Å². The van der Waals surface area contributed by atoms with Crippen LogP contribution in [0.15, 0.2) is 78.5 Å². The van der Waals surface area contributed by atoms with Gasteiger partial charge in [-0.2, -0.15) is 0 Å². The molecule has 3 aliphatic carbocycles. The van der Waals surface area contributed by atoms with Crippen molar-refractivity contribution in [2.24, 2.45) is 23.7 Å². The fraction of sp³-hybridized carbons (Fsp3) is 0.280. The third-order valence-corrected chi connectivity index (χ3v) is 6.97. The number of benzene rings is 2. The van der Waals surface area contributed by atoms with E-state index >= 15 is 0 Å². The van der Waals surface area contributed by atoms with Gasteiger partial charge in [-0.15, -0.1) is 0 Å². The number of ether oxygens (including phenoxy) is 1. The number of amides is 1. The summed E-state index contributed by atoms with van der Waals surface area (Å²) in [5.74, 6) is 0.850. The predicted molar refractivity (Wildman–Crippen MR) is 108 cm³/mol. The fourth-order valence-corrected chi connectivity index (χ4v) is 5.81. The van der Waals surface area contributed by atoms with Crippen LogP contribution in [0.3, 0.4) is 0 Å². The molecule has 0 radical (unpaired) electrons. The van der Waals surface area contributed by atoms with Gasteiger partial charge in [0.15, 0.2) is 5.78 Å². The summed E-state index contributed by atoms with van der Waals surface area (Å²) in [5.41, 5.74) is 3.61. The average Bonchev–Trinajstić information content (AvgIpc) is 3.52. The number of hydrogen-bond acceptors (Lipinski definition) is 3. The van der Waals surface area contributed by atoms with Crippen LogP contribution in [0.4, 0.5) is 4.79 Å². The number of carbonyl (C=O) groups excluding carboxylic acids is 2. The fourth-order valence-electron chi connectivity index (χ4n) is 5.81. The second-order valence-corrected chi connectivity index (χ2v) is 8.37. The maximum absolute atomic E-state index is 13.7. The molecule has 144 valence electrons. The predicted octanol–water partition coefficient (Wildman–Crippen LogP) is 4.61. The van der Waals surface area contributed by atoms with Crippen molar-refractivity contribution in [1.82, 2.24) is 4.90 Å². The lowest BCUT2D eigenvalue weighted by Crippen LogP contribution is -2.32. The summed E-state index contributed by atoms with van der Waals surface area (Å²) in [5, 5.41) is 0. The maximum Gasteiger partial charge on any atom is 0.415 e. The van der Waals surface area contributed by atoms with Gasteiger partial charge in [0.2, 0.25) is 0 Å². The zero-order valence-electron chi connectivity index (χ0n) is 15.9. The third kappa shape index (κ3) is 2.32. The van der Waals surface area contributed by atoms with Crippen molar-refractivity contribution in [3.8, 4) is 0 Å². The van der Waals surface area contributed by atoms with Crippen LogP contribution in [0.2, 0.25) is 0 Å². The van der Waals surface area contributed by atoms with E-state index in [1.165, 1.54) is 0 Å². The first-order chi connectivity index (χ1) is 14.2. The first-order valence-corrected chi connectivity index (χ1v) is 10.3. The summed E-state index contributed by atoms with van der Waals surface area (Å²) >= 11 is 0. The van der Waals surface area contributed by atoms with Crippen LogP contribution in [-0.4, -0.2) is 23.4 Å². The molecular formula is C25H21NO3. The standard InChI is InChI=1S/C25H21NO3/c27-24-22-18-12-11-17(13-18)20(22)21(16-9-5-2-6-10-16)23(24)26-19(14-29-25(26)28)15-7-3-1-4-8-15/h1-12,17-20,22H,13-14H2/t17-,18+,19+,20+,22+/m1/s1. The van der Waals surface area contributed by atoms with Gasteiger partial charge in [-0.3, -0.25) is 9.69 Å². The van der Waals surface area contributed by atoms with Gasteiger partial charge in [-0.05, 0) is 35.0 Å². The lowest BCUT2D eigenvalue weighted by molar-refractivity contribution is -0.120. The van der Waals surface area contributed by atoms with Crippen LogP contribution in [-0.2, 0) is 9.53 Å². The molecule has 1 saturated carbocycles. The quantitative estimate of drug-likeness (QED) is 0.727. The minimum absolute atomic E-state index is 0.0555. The number of nitrogens with zero attached hydrogens (tertiary/aromatic N) is 1. The van der Waals surface area contributed by atoms with E-state index in [0.717, 1.165) is 23.1 Å². The summed E-state index contributed by atoms with van der Waals surface area (Å²) < 4.78 is 5.45. The van der Waals surface area contributed by atoms with E-state index in [4.69, 9.17) is 4.74 Å². The Labute approximate surface area is 169 Å². The van der Waals surface area contributed by atoms with Gasteiger partial charge in [0, 0.05) is 11.8 Å². The lowest BCUT2D eigenvalue weighted by Gasteiger charge is -2.25. The van der Waals surface area contributed by atoms with Crippen molar-refractivity contribution in [2.75, 3.05) is 6.61 Å². The largest absolute Gasteiger partial charge is 0.447 e. The maximum atomic E-state index is 13.7. The van der Waals surface area contributed by atoms with E-state index in [1.807, 2.05) is 48.5 Å². The van der Waals surface area contributed by atoms with E-state index in [0.29, 0.717) is 11.6 Å². The van der Waals surface area contributed by atoms with Gasteiger partial charge in [-0.25, -0.2) is 4.79 Å². The van der Waals surface area contributed by atoms with Gasteiger partial charge >= 0.3 is 6.09 Å². The smallest absolute Gasteiger partial charge is 0.415 e. The number of fused-ring (bicyclic) bond motifs is 5. The summed E-state index contributed by atoms with van der Waals surface area (Å²) in [7, 11) is 0. The van der Waals surface area contributed by atoms with Gasteiger partial charge in [0.25, 0.3) is 0 Å². The van der Waals surface area contributed by atoms with Crippen molar-refractivity contribution in [3.63, 3.8) is 0 Å². The molecule has 4 aliphatic rings. The molecule has 2 aromatic carbocycles. The highest BCUT2D eigenvalue weighted by atomic mass is 16.6. The van der Waals surface area contributed by atoms with Crippen LogP contribution in [0, 0.1) is 23.7 Å². The molecule has 1 aliphatic heterocycles. The Balaban J connectivity index is 1.54. The molecule has 0 unspecified atom stereocenters. The number of allylic oxidation sites excluding steroid dienone is 4. The first-order valence-electron chi connectivity index (χ1n) is 10.3. The van der Waals surface area contributed by atoms with Crippen LogP contribution in [0.5, 0.6) is 0 Å². The molecule has 4 nitrogen and oxygen atoms in total. The van der Waals surface area contributed by atoms with E-state index in [1.54, 1.807) is 4.90 Å². The molecule has 1 saturated heterocycles. The van der Waals surface area contributed by atoms with Gasteiger partial charge < -0.3 is 4.74 Å². The highest BCUT2D eigenvalue weighted by Gasteiger charge is 2.58. The monoisotopic (exact) mass is 383 g/mol. The van der Waals surface area contributed by atoms with Crippen LogP contribution in [0.25, 0.3) is 5.57 Å². The Morgan fingerprint density at radius 3 is 2.21 bits per heavy atom. The zero-order chi connectivity index (χ0) is 19.5. The van der Waals surface area contributed by atoms with Crippen molar-refractivity contribution < 1.29 is 14.3 Å². The summed E-state index contributed by atoms with van der Waals surface area (Å²) in [6.45, 7) is 0.266. The summed E-state index contributed by atoms with van der Waals surface area (Å²) in [4.78, 5) is 28.2. The minimum atomic E-state index is -0.420. The molecule has 0 N–H and O–H groups in total. The molecule has 2 fully saturated rings. The van der Waals surface area contributed by atoms with Crippen molar-refractivity contribution in [3.05, 3.63) is 89.6 Å². The second-order valence-electron chi connectivity index (χ2n) is 8.37. The molecule has 5 atom stereocenters. The number of hydrogen-bond donors (Lipinski definition) is 0. The van der Waals surface area contributed by atoms with Crippen molar-refractivity contribution in [1.29, 1.82) is 0 Å². The Morgan fingerprint density at radius 1 is 0.828 bits per heavy atom. The molecular weight excluding hydrogens is 362 g/mol. The molecule has 1 amide bonds. The Hall–Kier alpha value is -3.14. The highest BCUT2D eigenvalue weighted by molar-refractivity contribution is 6.12. The van der Waals surface area contributed by atoms with Crippen molar-refractivity contribution >= 4 is 17.4 Å². The molecule has 29 heavy (non-hydrogen) atoms. The van der Waals surface area contributed by atoms with E-state index < -0.39 is 6.09 Å². The van der Waals surface area contributed by atoms with Crippen LogP contribution < -0.4 is 0 Å². The van der Waals surface area contributed by atoms with E-state index in [2.05, 4.69) is 24.3 Å². The lowest BCUT2D eigenvalue weighted by atomic mass is 9.80. The highest BCUT2D eigenvalue weighted by Crippen LogP contribution is 2.59. The summed E-state index contributed by atoms with van der Waals surface area (Å²) in [6, 6.07) is 19.7. The van der Waals surface area contributed by atoms with Crippen LogP contribution in [0.1, 0.15) is 23.6 Å². The molecule has 1 heterocycles. The number of ketones is 1. The first kappa shape index (κ1) is 16.8. The Bertz CT molecular complexity index is 1060. The van der Waals surface area contributed by atoms with Crippen molar-refractivity contribution in [2.45, 2.75) is 12.5 Å². The molecule has 4 heteroatoms. The number of rotatable bonds is 3. The molecule has 0 spiro atoms. The molecule has 2 aromatic rings. The minimum Gasteiger partial charge on any atom is -0.447 e. The average molecular weight is 383 g/mol. The summed E-state index contributed by atoms with van der Waals surface area (Å²) in [6.07, 6.45) is 5.08. The SMILES string of the molecule is O=C1C(N2C(=O)OC[C@H]2c2ccccc2)=C(c2ccccc2)[C@H]2[C@@H]1[C@H]1C=C[C@@H]2C1. The molecule has 0 aromatic heterocycles. The second kappa shape index (κ2) is 6.18. The van der Waals surface area contributed by atoms with E-state index in [-0.39, 0.29) is 36.2 Å².